The first-order chi connectivity index (χ1) is 12.1. The number of carbonyl (C=O) groups excluding carboxylic acids is 2. The Morgan fingerprint density at radius 3 is 2.92 bits per heavy atom. The highest BCUT2D eigenvalue weighted by atomic mass is 32.1. The number of fused-ring (bicyclic) bond motifs is 1. The normalized spacial score (nSPS) is 19.6. The van der Waals surface area contributed by atoms with Gasteiger partial charge in [-0.2, -0.15) is 0 Å². The summed E-state index contributed by atoms with van der Waals surface area (Å²) in [6, 6.07) is 9.42. The van der Waals surface area contributed by atoms with Gasteiger partial charge in [0, 0.05) is 18.0 Å². The van der Waals surface area contributed by atoms with E-state index in [-0.39, 0.29) is 11.8 Å². The molecule has 6 heteroatoms. The standard InChI is InChI=1S/C19H18N2O3S/c1-12-18(22)20-15-5-2-4-14(17(15)24-12)19(23)21-9-7-13(8-10-21)16-6-3-11-25-16/h2-7,11-12H,8-10H2,1H3,(H,20,22). The Morgan fingerprint density at radius 2 is 2.20 bits per heavy atom. The topological polar surface area (TPSA) is 58.6 Å². The summed E-state index contributed by atoms with van der Waals surface area (Å²) in [5.74, 6) is 0.202. The predicted molar refractivity (Wildman–Crippen MR) is 98.0 cm³/mol. The summed E-state index contributed by atoms with van der Waals surface area (Å²) in [5.41, 5.74) is 2.35. The summed E-state index contributed by atoms with van der Waals surface area (Å²) in [5, 5.41) is 4.85. The second-order valence-corrected chi connectivity index (χ2v) is 7.09. The molecule has 2 aliphatic rings. The Bertz CT molecular complexity index is 858. The lowest BCUT2D eigenvalue weighted by atomic mass is 10.0. The van der Waals surface area contributed by atoms with Crippen LogP contribution in [0.25, 0.3) is 5.57 Å². The molecule has 128 valence electrons. The summed E-state index contributed by atoms with van der Waals surface area (Å²) in [6.07, 6.45) is 2.36. The lowest BCUT2D eigenvalue weighted by molar-refractivity contribution is -0.122. The fourth-order valence-corrected chi connectivity index (χ4v) is 3.90. The maximum Gasteiger partial charge on any atom is 0.265 e. The maximum absolute atomic E-state index is 13.0. The molecule has 0 bridgehead atoms. The molecule has 0 fully saturated rings. The maximum atomic E-state index is 13.0. The predicted octanol–water partition coefficient (Wildman–Crippen LogP) is 3.40. The second-order valence-electron chi connectivity index (χ2n) is 6.14. The molecule has 1 unspecified atom stereocenters. The van der Waals surface area contributed by atoms with E-state index in [1.54, 1.807) is 36.5 Å². The van der Waals surface area contributed by atoms with E-state index >= 15 is 0 Å². The van der Waals surface area contributed by atoms with Gasteiger partial charge in [0.15, 0.2) is 11.9 Å². The zero-order valence-electron chi connectivity index (χ0n) is 13.8. The van der Waals surface area contributed by atoms with E-state index in [0.717, 1.165) is 6.42 Å². The number of rotatable bonds is 2. The number of amides is 2. The zero-order valence-corrected chi connectivity index (χ0v) is 14.6. The number of para-hydroxylation sites is 1. The number of thiophene rings is 1. The van der Waals surface area contributed by atoms with E-state index in [1.807, 2.05) is 11.0 Å². The molecule has 2 aliphatic heterocycles. The Balaban J connectivity index is 1.57. The monoisotopic (exact) mass is 354 g/mol. The first-order valence-electron chi connectivity index (χ1n) is 8.26. The minimum atomic E-state index is -0.604. The summed E-state index contributed by atoms with van der Waals surface area (Å²) in [6.45, 7) is 2.93. The molecule has 25 heavy (non-hydrogen) atoms. The second kappa shape index (κ2) is 6.37. The molecule has 4 rings (SSSR count). The fourth-order valence-electron chi connectivity index (χ4n) is 3.10. The van der Waals surface area contributed by atoms with E-state index in [0.29, 0.717) is 30.1 Å². The van der Waals surface area contributed by atoms with Crippen molar-refractivity contribution in [1.29, 1.82) is 0 Å². The van der Waals surface area contributed by atoms with Crippen molar-refractivity contribution in [1.82, 2.24) is 4.90 Å². The number of nitrogens with one attached hydrogen (secondary N) is 1. The number of benzene rings is 1. The molecule has 0 radical (unpaired) electrons. The molecule has 0 saturated carbocycles. The van der Waals surface area contributed by atoms with E-state index in [4.69, 9.17) is 4.74 Å². The van der Waals surface area contributed by atoms with Crippen LogP contribution in [0.2, 0.25) is 0 Å². The van der Waals surface area contributed by atoms with Crippen LogP contribution in [0.1, 0.15) is 28.6 Å². The number of hydrogen-bond donors (Lipinski definition) is 1. The third-order valence-corrected chi connectivity index (χ3v) is 5.45. The molecular formula is C19H18N2O3S. The third-order valence-electron chi connectivity index (χ3n) is 4.50. The molecule has 5 nitrogen and oxygen atoms in total. The van der Waals surface area contributed by atoms with Gasteiger partial charge in [0.25, 0.3) is 11.8 Å². The first-order valence-corrected chi connectivity index (χ1v) is 9.14. The van der Waals surface area contributed by atoms with Gasteiger partial charge in [-0.25, -0.2) is 0 Å². The smallest absolute Gasteiger partial charge is 0.265 e. The van der Waals surface area contributed by atoms with Gasteiger partial charge in [-0.05, 0) is 42.5 Å². The van der Waals surface area contributed by atoms with Crippen molar-refractivity contribution in [2.24, 2.45) is 0 Å². The molecule has 1 aromatic heterocycles. The molecule has 1 atom stereocenters. The van der Waals surface area contributed by atoms with Gasteiger partial charge in [-0.1, -0.05) is 18.2 Å². The van der Waals surface area contributed by atoms with Gasteiger partial charge in [-0.3, -0.25) is 9.59 Å². The number of anilines is 1. The molecule has 2 amide bonds. The van der Waals surface area contributed by atoms with Crippen molar-refractivity contribution < 1.29 is 14.3 Å². The summed E-state index contributed by atoms with van der Waals surface area (Å²) >= 11 is 1.72. The Morgan fingerprint density at radius 1 is 1.32 bits per heavy atom. The van der Waals surface area contributed by atoms with E-state index in [9.17, 15) is 9.59 Å². The highest BCUT2D eigenvalue weighted by Gasteiger charge is 2.29. The number of hydrogen-bond acceptors (Lipinski definition) is 4. The molecule has 1 N–H and O–H groups in total. The average Bonchev–Trinajstić information content (AvgIpc) is 3.16. The van der Waals surface area contributed by atoms with Crippen LogP contribution in [-0.4, -0.2) is 35.9 Å². The SMILES string of the molecule is CC1Oc2c(cccc2C(=O)N2CC=C(c3cccs3)CC2)NC1=O. The van der Waals surface area contributed by atoms with Gasteiger partial charge in [0.2, 0.25) is 0 Å². The first kappa shape index (κ1) is 15.9. The van der Waals surface area contributed by atoms with Gasteiger partial charge in [0.1, 0.15) is 0 Å². The molecule has 3 heterocycles. The van der Waals surface area contributed by atoms with Crippen LogP contribution < -0.4 is 10.1 Å². The summed E-state index contributed by atoms with van der Waals surface area (Å²) in [4.78, 5) is 27.8. The molecular weight excluding hydrogens is 336 g/mol. The number of carbonyl (C=O) groups is 2. The van der Waals surface area contributed by atoms with Crippen molar-refractivity contribution in [3.63, 3.8) is 0 Å². The summed E-state index contributed by atoms with van der Waals surface area (Å²) in [7, 11) is 0. The van der Waals surface area contributed by atoms with Crippen molar-refractivity contribution >= 4 is 34.4 Å². The van der Waals surface area contributed by atoms with Crippen LogP contribution in [0.4, 0.5) is 5.69 Å². The highest BCUT2D eigenvalue weighted by molar-refractivity contribution is 7.11. The number of nitrogens with zero attached hydrogens (tertiary/aromatic N) is 1. The fraction of sp³-hybridized carbons (Fsp3) is 0.263. The largest absolute Gasteiger partial charge is 0.478 e. The lowest BCUT2D eigenvalue weighted by Gasteiger charge is -2.29. The summed E-state index contributed by atoms with van der Waals surface area (Å²) < 4.78 is 5.69. The van der Waals surface area contributed by atoms with Crippen LogP contribution in [0.3, 0.4) is 0 Å². The van der Waals surface area contributed by atoms with Crippen LogP contribution in [0.15, 0.2) is 41.8 Å². The van der Waals surface area contributed by atoms with Crippen molar-refractivity contribution in [2.45, 2.75) is 19.4 Å². The highest BCUT2D eigenvalue weighted by Crippen LogP contribution is 2.35. The minimum absolute atomic E-state index is 0.0679. The average molecular weight is 354 g/mol. The van der Waals surface area contributed by atoms with Crippen molar-refractivity contribution in [3.05, 3.63) is 52.2 Å². The van der Waals surface area contributed by atoms with Gasteiger partial charge in [0.05, 0.1) is 11.3 Å². The van der Waals surface area contributed by atoms with Crippen LogP contribution in [0, 0.1) is 0 Å². The van der Waals surface area contributed by atoms with Crippen molar-refractivity contribution in [2.75, 3.05) is 18.4 Å². The number of ether oxygens (including phenoxy) is 1. The van der Waals surface area contributed by atoms with Crippen molar-refractivity contribution in [3.8, 4) is 5.75 Å². The van der Waals surface area contributed by atoms with Crippen LogP contribution >= 0.6 is 11.3 Å². The Labute approximate surface area is 149 Å². The van der Waals surface area contributed by atoms with E-state index in [1.165, 1.54) is 10.5 Å². The van der Waals surface area contributed by atoms with Gasteiger partial charge >= 0.3 is 0 Å². The molecule has 2 aromatic rings. The van der Waals surface area contributed by atoms with Crippen LogP contribution in [-0.2, 0) is 4.79 Å². The molecule has 0 aliphatic carbocycles. The molecule has 0 saturated heterocycles. The minimum Gasteiger partial charge on any atom is -0.478 e. The lowest BCUT2D eigenvalue weighted by Crippen LogP contribution is -2.38. The van der Waals surface area contributed by atoms with E-state index < -0.39 is 6.10 Å². The Kier molecular flexibility index (Phi) is 4.05. The van der Waals surface area contributed by atoms with Crippen LogP contribution in [0.5, 0.6) is 5.75 Å². The molecule has 0 spiro atoms. The van der Waals surface area contributed by atoms with Gasteiger partial charge in [-0.15, -0.1) is 11.3 Å². The third kappa shape index (κ3) is 2.93. The van der Waals surface area contributed by atoms with E-state index in [2.05, 4.69) is 22.8 Å². The quantitative estimate of drug-likeness (QED) is 0.899. The molecule has 1 aromatic carbocycles. The van der Waals surface area contributed by atoms with Gasteiger partial charge < -0.3 is 15.0 Å². The Hall–Kier alpha value is -2.60. The zero-order chi connectivity index (χ0) is 17.4.